The van der Waals surface area contributed by atoms with Crippen LogP contribution in [0.1, 0.15) is 26.5 Å². The van der Waals surface area contributed by atoms with E-state index in [0.717, 1.165) is 11.4 Å². The maximum Gasteiger partial charge on any atom is 0.434 e. The highest BCUT2D eigenvalue weighted by molar-refractivity contribution is 5.69. The Bertz CT molecular complexity index is 1140. The molecule has 0 saturated carbocycles. The minimum Gasteiger partial charge on any atom is -0.497 e. The second kappa shape index (κ2) is 9.43. The number of nitrogens with zero attached hydrogens (tertiary/aromatic N) is 5. The van der Waals surface area contributed by atoms with Gasteiger partial charge in [-0.25, -0.2) is 14.4 Å². The van der Waals surface area contributed by atoms with E-state index in [2.05, 4.69) is 4.90 Å². The summed E-state index contributed by atoms with van der Waals surface area (Å²) in [5.74, 6) is 0.263. The summed E-state index contributed by atoms with van der Waals surface area (Å²) in [5, 5.41) is 10.6. The number of amides is 2. The molecule has 0 unspecified atom stereocenters. The van der Waals surface area contributed by atoms with Crippen molar-refractivity contribution in [3.63, 3.8) is 0 Å². The molecule has 1 saturated heterocycles. The van der Waals surface area contributed by atoms with Gasteiger partial charge in [-0.05, 0) is 45.0 Å². The molecule has 190 valence electrons. The number of methoxy groups -OCH3 is 1. The van der Waals surface area contributed by atoms with Gasteiger partial charge in [0.2, 0.25) is 0 Å². The SMILES string of the molecule is COc1ccc(N2CCN(C(=O)On3c(O)c4n(c3=O)CCN(C(=O)OC(C)(C)C)C4)CC2)cc1. The highest BCUT2D eigenvalue weighted by Gasteiger charge is 2.33. The van der Waals surface area contributed by atoms with E-state index >= 15 is 0 Å². The number of piperazine rings is 1. The summed E-state index contributed by atoms with van der Waals surface area (Å²) < 4.78 is 12.4. The smallest absolute Gasteiger partial charge is 0.434 e. The number of carbonyl (C=O) groups is 2. The van der Waals surface area contributed by atoms with Gasteiger partial charge in [-0.3, -0.25) is 4.57 Å². The number of aromatic hydroxyl groups is 1. The Hall–Kier alpha value is -3.83. The van der Waals surface area contributed by atoms with E-state index in [4.69, 9.17) is 14.3 Å². The Morgan fingerprint density at radius 3 is 2.14 bits per heavy atom. The molecule has 4 rings (SSSR count). The fraction of sp³-hybridized carbons (Fsp3) is 0.522. The molecule has 1 fully saturated rings. The quantitative estimate of drug-likeness (QED) is 0.689. The molecule has 1 aromatic heterocycles. The fourth-order valence-corrected chi connectivity index (χ4v) is 4.06. The molecule has 0 spiro atoms. The van der Waals surface area contributed by atoms with Gasteiger partial charge in [-0.1, -0.05) is 4.73 Å². The van der Waals surface area contributed by atoms with E-state index in [0.29, 0.717) is 30.9 Å². The zero-order valence-electron chi connectivity index (χ0n) is 20.4. The lowest BCUT2D eigenvalue weighted by Gasteiger charge is -2.35. The van der Waals surface area contributed by atoms with Crippen LogP contribution < -0.4 is 20.2 Å². The van der Waals surface area contributed by atoms with E-state index in [-0.39, 0.29) is 25.3 Å². The Morgan fingerprint density at radius 2 is 1.54 bits per heavy atom. The van der Waals surface area contributed by atoms with E-state index in [9.17, 15) is 19.5 Å². The third-order valence-electron chi connectivity index (χ3n) is 5.91. The number of aromatic nitrogens is 2. The van der Waals surface area contributed by atoms with Gasteiger partial charge in [-0.2, -0.15) is 0 Å². The van der Waals surface area contributed by atoms with Gasteiger partial charge >= 0.3 is 17.9 Å². The molecule has 1 N–H and O–H groups in total. The first-order valence-electron chi connectivity index (χ1n) is 11.4. The molecule has 2 aliphatic heterocycles. The van der Waals surface area contributed by atoms with Crippen molar-refractivity contribution in [1.82, 2.24) is 19.1 Å². The van der Waals surface area contributed by atoms with Crippen molar-refractivity contribution < 1.29 is 29.0 Å². The molecule has 0 bridgehead atoms. The van der Waals surface area contributed by atoms with Crippen LogP contribution in [0, 0.1) is 0 Å². The molecule has 0 radical (unpaired) electrons. The number of carbonyl (C=O) groups excluding carboxylic acids is 2. The number of imidazole rings is 1. The van der Waals surface area contributed by atoms with E-state index in [1.54, 1.807) is 27.9 Å². The van der Waals surface area contributed by atoms with E-state index in [1.807, 2.05) is 24.3 Å². The van der Waals surface area contributed by atoms with Crippen LogP contribution in [0.25, 0.3) is 0 Å². The summed E-state index contributed by atoms with van der Waals surface area (Å²) in [6, 6.07) is 7.67. The number of hydrogen-bond acceptors (Lipinski definition) is 8. The van der Waals surface area contributed by atoms with Crippen LogP contribution >= 0.6 is 0 Å². The first-order valence-corrected chi connectivity index (χ1v) is 11.4. The van der Waals surface area contributed by atoms with Crippen LogP contribution in [0.4, 0.5) is 15.3 Å². The van der Waals surface area contributed by atoms with E-state index < -0.39 is 29.4 Å². The molecule has 2 amide bonds. The van der Waals surface area contributed by atoms with Gasteiger partial charge in [-0.15, -0.1) is 0 Å². The monoisotopic (exact) mass is 489 g/mol. The summed E-state index contributed by atoms with van der Waals surface area (Å²) >= 11 is 0. The second-order valence-electron chi connectivity index (χ2n) is 9.43. The molecular weight excluding hydrogens is 458 g/mol. The summed E-state index contributed by atoms with van der Waals surface area (Å²) in [6.07, 6.45) is -1.28. The topological polar surface area (TPSA) is 119 Å². The lowest BCUT2D eigenvalue weighted by molar-refractivity contribution is 0.0196. The molecular formula is C23H31N5O7. The highest BCUT2D eigenvalue weighted by atomic mass is 16.7. The average molecular weight is 490 g/mol. The average Bonchev–Trinajstić information content (AvgIpc) is 3.07. The molecule has 0 aliphatic carbocycles. The van der Waals surface area contributed by atoms with Crippen molar-refractivity contribution in [1.29, 1.82) is 0 Å². The molecule has 3 heterocycles. The lowest BCUT2D eigenvalue weighted by Crippen LogP contribution is -2.51. The Labute approximate surface area is 202 Å². The number of hydrogen-bond donors (Lipinski definition) is 1. The van der Waals surface area contributed by atoms with Crippen LogP contribution in [0.15, 0.2) is 29.1 Å². The van der Waals surface area contributed by atoms with Gasteiger partial charge in [0.1, 0.15) is 17.0 Å². The zero-order chi connectivity index (χ0) is 25.3. The Kier molecular flexibility index (Phi) is 6.55. The van der Waals surface area contributed by atoms with Crippen LogP contribution in [0.5, 0.6) is 11.6 Å². The van der Waals surface area contributed by atoms with Crippen LogP contribution in [0.2, 0.25) is 0 Å². The molecule has 12 heteroatoms. The molecule has 12 nitrogen and oxygen atoms in total. The number of benzene rings is 1. The first-order chi connectivity index (χ1) is 16.6. The normalized spacial score (nSPS) is 16.1. The largest absolute Gasteiger partial charge is 0.497 e. The van der Waals surface area contributed by atoms with Gasteiger partial charge < -0.3 is 34.1 Å². The van der Waals surface area contributed by atoms with Gasteiger partial charge in [0.25, 0.3) is 5.88 Å². The van der Waals surface area contributed by atoms with Gasteiger partial charge in [0, 0.05) is 45.0 Å². The number of fused-ring (bicyclic) bond motifs is 1. The van der Waals surface area contributed by atoms with Crippen molar-refractivity contribution in [2.24, 2.45) is 0 Å². The van der Waals surface area contributed by atoms with Crippen LogP contribution in [-0.4, -0.2) is 81.8 Å². The summed E-state index contributed by atoms with van der Waals surface area (Å²) in [6.45, 7) is 7.55. The van der Waals surface area contributed by atoms with Crippen LogP contribution in [0.3, 0.4) is 0 Å². The maximum absolute atomic E-state index is 12.8. The third kappa shape index (κ3) is 5.15. The predicted molar refractivity (Wildman–Crippen MR) is 126 cm³/mol. The highest BCUT2D eigenvalue weighted by Crippen LogP contribution is 2.23. The number of ether oxygens (including phenoxy) is 2. The number of anilines is 1. The van der Waals surface area contributed by atoms with Crippen molar-refractivity contribution in [3.8, 4) is 11.6 Å². The first kappa shape index (κ1) is 24.3. The van der Waals surface area contributed by atoms with Gasteiger partial charge in [0.05, 0.1) is 13.7 Å². The Balaban J connectivity index is 1.39. The number of rotatable bonds is 3. The summed E-state index contributed by atoms with van der Waals surface area (Å²) in [4.78, 5) is 48.2. The van der Waals surface area contributed by atoms with E-state index in [1.165, 1.54) is 14.4 Å². The standard InChI is InChI=1S/C23H31N5O7/c1-23(2,3)34-21(31)26-13-14-27-18(15-26)19(29)28(20(27)30)35-22(32)25-11-9-24(10-12-25)16-5-7-17(33-4)8-6-16/h5-8,29H,9-15H2,1-4H3. The molecule has 35 heavy (non-hydrogen) atoms. The minimum absolute atomic E-state index is 0.0406. The second-order valence-corrected chi connectivity index (χ2v) is 9.43. The molecule has 2 aromatic rings. The lowest BCUT2D eigenvalue weighted by atomic mass is 10.2. The third-order valence-corrected chi connectivity index (χ3v) is 5.91. The van der Waals surface area contributed by atoms with Crippen LogP contribution in [-0.2, 0) is 17.8 Å². The van der Waals surface area contributed by atoms with Crippen molar-refractivity contribution in [2.75, 3.05) is 44.7 Å². The zero-order valence-corrected chi connectivity index (χ0v) is 20.4. The van der Waals surface area contributed by atoms with Crippen molar-refractivity contribution in [2.45, 2.75) is 39.5 Å². The predicted octanol–water partition coefficient (Wildman–Crippen LogP) is 1.49. The summed E-state index contributed by atoms with van der Waals surface area (Å²) in [7, 11) is 1.61. The Morgan fingerprint density at radius 1 is 0.914 bits per heavy atom. The van der Waals surface area contributed by atoms with Gasteiger partial charge in [0.15, 0.2) is 0 Å². The maximum atomic E-state index is 12.8. The van der Waals surface area contributed by atoms with Crippen molar-refractivity contribution in [3.05, 3.63) is 40.4 Å². The fourth-order valence-electron chi connectivity index (χ4n) is 4.06. The minimum atomic E-state index is -0.733. The van der Waals surface area contributed by atoms with Crippen molar-refractivity contribution >= 4 is 17.9 Å². The summed E-state index contributed by atoms with van der Waals surface area (Å²) in [5.41, 5.74) is -0.145. The molecule has 2 aliphatic rings. The molecule has 0 atom stereocenters. The molecule has 1 aromatic carbocycles.